The Labute approximate surface area is 130 Å². The molecule has 0 aliphatic heterocycles. The third-order valence-electron chi connectivity index (χ3n) is 4.79. The van der Waals surface area contributed by atoms with Crippen LogP contribution in [0.25, 0.3) is 0 Å². The Bertz CT molecular complexity index is 308. The average molecular weight is 299 g/mol. The highest BCUT2D eigenvalue weighted by molar-refractivity contribution is 5.80. The van der Waals surface area contributed by atoms with Crippen LogP contribution in [0.15, 0.2) is 0 Å². The SMILES string of the molecule is CCOC(=O)C(C)(CCCOC1CCCCC1CC)NC. The molecule has 4 nitrogen and oxygen atoms in total. The molecule has 0 aromatic rings. The van der Waals surface area contributed by atoms with Crippen molar-refractivity contribution in [2.24, 2.45) is 5.92 Å². The first-order chi connectivity index (χ1) is 10.1. The molecule has 0 saturated heterocycles. The van der Waals surface area contributed by atoms with E-state index in [4.69, 9.17) is 9.47 Å². The topological polar surface area (TPSA) is 47.6 Å². The maximum Gasteiger partial charge on any atom is 0.326 e. The Morgan fingerprint density at radius 1 is 1.29 bits per heavy atom. The van der Waals surface area contributed by atoms with E-state index in [0.29, 0.717) is 12.7 Å². The highest BCUT2D eigenvalue weighted by atomic mass is 16.5. The third kappa shape index (κ3) is 5.59. The lowest BCUT2D eigenvalue weighted by molar-refractivity contribution is -0.150. The smallest absolute Gasteiger partial charge is 0.326 e. The van der Waals surface area contributed by atoms with E-state index < -0.39 is 5.54 Å². The molecule has 0 aromatic heterocycles. The summed E-state index contributed by atoms with van der Waals surface area (Å²) >= 11 is 0. The second-order valence-electron chi connectivity index (χ2n) is 6.27. The monoisotopic (exact) mass is 299 g/mol. The molecule has 1 N–H and O–H groups in total. The van der Waals surface area contributed by atoms with Crippen LogP contribution in [0.2, 0.25) is 0 Å². The van der Waals surface area contributed by atoms with Crippen LogP contribution in [0, 0.1) is 5.92 Å². The average Bonchev–Trinajstić information content (AvgIpc) is 2.51. The highest BCUT2D eigenvalue weighted by Crippen LogP contribution is 2.29. The molecule has 0 heterocycles. The summed E-state index contributed by atoms with van der Waals surface area (Å²) in [6.07, 6.45) is 8.39. The second kappa shape index (κ2) is 9.42. The predicted molar refractivity (Wildman–Crippen MR) is 85.3 cm³/mol. The van der Waals surface area contributed by atoms with Crippen LogP contribution in [0.5, 0.6) is 0 Å². The van der Waals surface area contributed by atoms with Crippen molar-refractivity contribution in [3.05, 3.63) is 0 Å². The van der Waals surface area contributed by atoms with Gasteiger partial charge >= 0.3 is 5.97 Å². The maximum atomic E-state index is 12.0. The molecule has 3 unspecified atom stereocenters. The van der Waals surface area contributed by atoms with E-state index in [9.17, 15) is 4.79 Å². The Morgan fingerprint density at radius 2 is 2.00 bits per heavy atom. The lowest BCUT2D eigenvalue weighted by atomic mass is 9.85. The summed E-state index contributed by atoms with van der Waals surface area (Å²) in [6.45, 7) is 7.15. The maximum absolute atomic E-state index is 12.0. The van der Waals surface area contributed by atoms with Gasteiger partial charge in [-0.3, -0.25) is 4.79 Å². The number of likely N-dealkylation sites (N-methyl/N-ethyl adjacent to an activating group) is 1. The van der Waals surface area contributed by atoms with Crippen molar-refractivity contribution in [2.75, 3.05) is 20.3 Å². The highest BCUT2D eigenvalue weighted by Gasteiger charge is 2.32. The normalized spacial score (nSPS) is 25.3. The Balaban J connectivity index is 2.32. The molecule has 124 valence electrons. The molecule has 0 bridgehead atoms. The Kier molecular flexibility index (Phi) is 8.27. The zero-order chi connectivity index (χ0) is 15.7. The van der Waals surface area contributed by atoms with Crippen LogP contribution in [0.4, 0.5) is 0 Å². The van der Waals surface area contributed by atoms with Crippen molar-refractivity contribution in [1.29, 1.82) is 0 Å². The van der Waals surface area contributed by atoms with E-state index in [1.54, 1.807) is 0 Å². The van der Waals surface area contributed by atoms with Crippen molar-refractivity contribution >= 4 is 5.97 Å². The zero-order valence-electron chi connectivity index (χ0n) is 14.2. The molecular weight excluding hydrogens is 266 g/mol. The Hall–Kier alpha value is -0.610. The van der Waals surface area contributed by atoms with E-state index in [1.807, 2.05) is 20.9 Å². The largest absolute Gasteiger partial charge is 0.465 e. The molecule has 0 aromatic carbocycles. The first-order valence-electron chi connectivity index (χ1n) is 8.55. The molecule has 1 aliphatic carbocycles. The fraction of sp³-hybridized carbons (Fsp3) is 0.941. The van der Waals surface area contributed by atoms with E-state index in [0.717, 1.165) is 25.4 Å². The molecule has 4 heteroatoms. The quantitative estimate of drug-likeness (QED) is 0.524. The fourth-order valence-electron chi connectivity index (χ4n) is 3.14. The van der Waals surface area contributed by atoms with Crippen molar-refractivity contribution in [2.45, 2.75) is 77.4 Å². The van der Waals surface area contributed by atoms with Crippen LogP contribution in [-0.4, -0.2) is 37.9 Å². The second-order valence-corrected chi connectivity index (χ2v) is 6.27. The van der Waals surface area contributed by atoms with Gasteiger partial charge in [0.1, 0.15) is 5.54 Å². The summed E-state index contributed by atoms with van der Waals surface area (Å²) in [5.74, 6) is 0.552. The molecule has 0 amide bonds. The van der Waals surface area contributed by atoms with Gasteiger partial charge in [-0.1, -0.05) is 26.2 Å². The molecule has 3 atom stereocenters. The van der Waals surface area contributed by atoms with Crippen molar-refractivity contribution < 1.29 is 14.3 Å². The number of hydrogen-bond donors (Lipinski definition) is 1. The van der Waals surface area contributed by atoms with Gasteiger partial charge in [0.2, 0.25) is 0 Å². The number of ether oxygens (including phenoxy) is 2. The molecule has 1 fully saturated rings. The minimum Gasteiger partial charge on any atom is -0.465 e. The fourth-order valence-corrected chi connectivity index (χ4v) is 3.14. The van der Waals surface area contributed by atoms with Gasteiger partial charge in [0.15, 0.2) is 0 Å². The van der Waals surface area contributed by atoms with Gasteiger partial charge in [-0.2, -0.15) is 0 Å². The summed E-state index contributed by atoms with van der Waals surface area (Å²) in [5.41, 5.74) is -0.601. The first-order valence-corrected chi connectivity index (χ1v) is 8.55. The number of nitrogens with one attached hydrogen (secondary N) is 1. The van der Waals surface area contributed by atoms with Gasteiger partial charge in [-0.25, -0.2) is 0 Å². The molecule has 21 heavy (non-hydrogen) atoms. The van der Waals surface area contributed by atoms with Crippen LogP contribution in [0.3, 0.4) is 0 Å². The van der Waals surface area contributed by atoms with E-state index in [2.05, 4.69) is 12.2 Å². The summed E-state index contributed by atoms with van der Waals surface area (Å²) in [7, 11) is 1.81. The summed E-state index contributed by atoms with van der Waals surface area (Å²) in [6, 6.07) is 0. The lowest BCUT2D eigenvalue weighted by Crippen LogP contribution is -2.48. The van der Waals surface area contributed by atoms with Crippen LogP contribution < -0.4 is 5.32 Å². The summed E-state index contributed by atoms with van der Waals surface area (Å²) in [4.78, 5) is 12.0. The van der Waals surface area contributed by atoms with Crippen LogP contribution in [-0.2, 0) is 14.3 Å². The van der Waals surface area contributed by atoms with E-state index >= 15 is 0 Å². The molecule has 1 saturated carbocycles. The van der Waals surface area contributed by atoms with Gasteiger partial charge in [-0.15, -0.1) is 0 Å². The van der Waals surface area contributed by atoms with Gasteiger partial charge < -0.3 is 14.8 Å². The number of rotatable bonds is 9. The minimum absolute atomic E-state index is 0.170. The van der Waals surface area contributed by atoms with Gasteiger partial charge in [0.25, 0.3) is 0 Å². The number of carbonyl (C=O) groups excluding carboxylic acids is 1. The Morgan fingerprint density at radius 3 is 2.62 bits per heavy atom. The molecule has 0 radical (unpaired) electrons. The predicted octanol–water partition coefficient (Wildman–Crippen LogP) is 3.29. The zero-order valence-corrected chi connectivity index (χ0v) is 14.2. The molecular formula is C17H33NO3. The van der Waals surface area contributed by atoms with Crippen molar-refractivity contribution in [3.8, 4) is 0 Å². The number of hydrogen-bond acceptors (Lipinski definition) is 4. The van der Waals surface area contributed by atoms with Crippen LogP contribution in [0.1, 0.15) is 65.7 Å². The summed E-state index contributed by atoms with van der Waals surface area (Å²) in [5, 5.41) is 3.09. The standard InChI is InChI=1S/C17H33NO3/c1-5-14-10-7-8-11-15(14)21-13-9-12-17(3,18-4)16(19)20-6-2/h14-15,18H,5-13H2,1-4H3. The lowest BCUT2D eigenvalue weighted by Gasteiger charge is -2.31. The van der Waals surface area contributed by atoms with Gasteiger partial charge in [0.05, 0.1) is 12.7 Å². The van der Waals surface area contributed by atoms with E-state index in [-0.39, 0.29) is 5.97 Å². The van der Waals surface area contributed by atoms with E-state index in [1.165, 1.54) is 32.1 Å². The summed E-state index contributed by atoms with van der Waals surface area (Å²) < 4.78 is 11.2. The third-order valence-corrected chi connectivity index (χ3v) is 4.79. The van der Waals surface area contributed by atoms with Crippen LogP contribution >= 0.6 is 0 Å². The first kappa shape index (κ1) is 18.4. The minimum atomic E-state index is -0.601. The number of carbonyl (C=O) groups is 1. The molecule has 1 rings (SSSR count). The van der Waals surface area contributed by atoms with Gasteiger partial charge in [0, 0.05) is 6.61 Å². The van der Waals surface area contributed by atoms with Crippen molar-refractivity contribution in [3.63, 3.8) is 0 Å². The number of esters is 1. The van der Waals surface area contributed by atoms with Crippen molar-refractivity contribution in [1.82, 2.24) is 5.32 Å². The molecule has 0 spiro atoms. The van der Waals surface area contributed by atoms with Gasteiger partial charge in [-0.05, 0) is 52.5 Å². The molecule has 1 aliphatic rings.